The van der Waals surface area contributed by atoms with E-state index < -0.39 is 11.5 Å². The van der Waals surface area contributed by atoms with Crippen LogP contribution in [0, 0.1) is 0 Å². The van der Waals surface area contributed by atoms with Gasteiger partial charge >= 0.3 is 5.97 Å². The molecule has 108 valence electrons. The third-order valence-corrected chi connectivity index (χ3v) is 2.88. The van der Waals surface area contributed by atoms with E-state index in [2.05, 4.69) is 4.90 Å². The number of aliphatic carboxylic acids is 1. The van der Waals surface area contributed by atoms with Crippen LogP contribution < -0.4 is 5.73 Å². The smallest absolute Gasteiger partial charge is 0.323 e. The Morgan fingerprint density at radius 2 is 1.72 bits per heavy atom. The highest BCUT2D eigenvalue weighted by Crippen LogP contribution is 2.09. The largest absolute Gasteiger partial charge is 0.480 e. The molecule has 6 heteroatoms. The summed E-state index contributed by atoms with van der Waals surface area (Å²) in [6.45, 7) is 5.28. The third kappa shape index (κ3) is 7.60. The molecule has 6 nitrogen and oxygen atoms in total. The van der Waals surface area contributed by atoms with Crippen molar-refractivity contribution in [2.24, 2.45) is 5.73 Å². The summed E-state index contributed by atoms with van der Waals surface area (Å²) in [5.41, 5.74) is 4.53. The van der Waals surface area contributed by atoms with Crippen LogP contribution in [0.25, 0.3) is 0 Å². The SMILES string of the molecule is COCCN(CCCC(C)(N)C(=O)O)CCOC. The van der Waals surface area contributed by atoms with Gasteiger partial charge in [0.25, 0.3) is 0 Å². The Kier molecular flexibility index (Phi) is 8.91. The molecule has 0 radical (unpaired) electrons. The van der Waals surface area contributed by atoms with Crippen LogP contribution in [-0.4, -0.2) is 68.6 Å². The highest BCUT2D eigenvalue weighted by molar-refractivity contribution is 5.77. The maximum Gasteiger partial charge on any atom is 0.323 e. The van der Waals surface area contributed by atoms with Crippen molar-refractivity contribution in [3.05, 3.63) is 0 Å². The van der Waals surface area contributed by atoms with E-state index in [-0.39, 0.29) is 0 Å². The summed E-state index contributed by atoms with van der Waals surface area (Å²) in [5, 5.41) is 8.91. The van der Waals surface area contributed by atoms with Crippen molar-refractivity contribution in [3.8, 4) is 0 Å². The number of ether oxygens (including phenoxy) is 2. The lowest BCUT2D eigenvalue weighted by molar-refractivity contribution is -0.143. The summed E-state index contributed by atoms with van der Waals surface area (Å²) in [6.07, 6.45) is 1.20. The van der Waals surface area contributed by atoms with E-state index >= 15 is 0 Å². The van der Waals surface area contributed by atoms with Crippen LogP contribution in [0.15, 0.2) is 0 Å². The number of carbonyl (C=O) groups is 1. The van der Waals surface area contributed by atoms with E-state index in [1.165, 1.54) is 0 Å². The summed E-state index contributed by atoms with van der Waals surface area (Å²) >= 11 is 0. The lowest BCUT2D eigenvalue weighted by atomic mass is 9.97. The van der Waals surface area contributed by atoms with Gasteiger partial charge in [0.2, 0.25) is 0 Å². The molecule has 1 atom stereocenters. The van der Waals surface area contributed by atoms with E-state index in [1.807, 2.05) is 0 Å². The first-order valence-electron chi connectivity index (χ1n) is 6.16. The normalized spacial score (nSPS) is 14.7. The Morgan fingerprint density at radius 1 is 1.22 bits per heavy atom. The maximum atomic E-state index is 10.9. The summed E-state index contributed by atoms with van der Waals surface area (Å²) in [6, 6.07) is 0. The number of hydrogen-bond acceptors (Lipinski definition) is 5. The van der Waals surface area contributed by atoms with Gasteiger partial charge in [-0.2, -0.15) is 0 Å². The maximum absolute atomic E-state index is 10.9. The molecule has 0 heterocycles. The van der Waals surface area contributed by atoms with Crippen LogP contribution in [0.3, 0.4) is 0 Å². The molecule has 0 aliphatic heterocycles. The standard InChI is InChI=1S/C12H26N2O4/c1-12(13,11(15)16)5-4-6-14(7-9-17-2)8-10-18-3/h4-10,13H2,1-3H3,(H,15,16). The molecule has 0 bridgehead atoms. The molecule has 0 aromatic carbocycles. The van der Waals surface area contributed by atoms with Crippen LogP contribution in [0.2, 0.25) is 0 Å². The number of methoxy groups -OCH3 is 2. The minimum atomic E-state index is -1.14. The third-order valence-electron chi connectivity index (χ3n) is 2.88. The molecule has 0 fully saturated rings. The summed E-state index contributed by atoms with van der Waals surface area (Å²) in [7, 11) is 3.33. The van der Waals surface area contributed by atoms with Gasteiger partial charge in [-0.1, -0.05) is 0 Å². The Balaban J connectivity index is 3.97. The van der Waals surface area contributed by atoms with Crippen LogP contribution in [0.5, 0.6) is 0 Å². The van der Waals surface area contributed by atoms with Gasteiger partial charge in [0.05, 0.1) is 13.2 Å². The van der Waals surface area contributed by atoms with E-state index in [1.54, 1.807) is 21.1 Å². The molecule has 0 aromatic heterocycles. The Bertz CT molecular complexity index is 226. The number of rotatable bonds is 11. The van der Waals surface area contributed by atoms with Crippen molar-refractivity contribution in [2.75, 3.05) is 47.1 Å². The quantitative estimate of drug-likeness (QED) is 0.552. The number of nitrogens with zero attached hydrogens (tertiary/aromatic N) is 1. The molecular formula is C12H26N2O4. The second-order valence-corrected chi connectivity index (χ2v) is 4.65. The fourth-order valence-corrected chi connectivity index (χ4v) is 1.55. The Hall–Kier alpha value is -0.690. The van der Waals surface area contributed by atoms with Gasteiger partial charge in [-0.3, -0.25) is 9.69 Å². The van der Waals surface area contributed by atoms with Gasteiger partial charge in [-0.15, -0.1) is 0 Å². The molecule has 0 saturated carbocycles. The van der Waals surface area contributed by atoms with Crippen LogP contribution in [-0.2, 0) is 14.3 Å². The summed E-state index contributed by atoms with van der Waals surface area (Å²) < 4.78 is 10.1. The fraction of sp³-hybridized carbons (Fsp3) is 0.917. The van der Waals surface area contributed by atoms with Crippen LogP contribution >= 0.6 is 0 Å². The van der Waals surface area contributed by atoms with E-state index in [0.717, 1.165) is 26.1 Å². The molecular weight excluding hydrogens is 236 g/mol. The van der Waals surface area contributed by atoms with E-state index in [9.17, 15) is 4.79 Å². The molecule has 1 unspecified atom stereocenters. The van der Waals surface area contributed by atoms with Crippen molar-refractivity contribution >= 4 is 5.97 Å². The predicted octanol–water partition coefficient (Wildman–Crippen LogP) is 0.163. The van der Waals surface area contributed by atoms with Crippen molar-refractivity contribution in [1.29, 1.82) is 0 Å². The summed E-state index contributed by atoms with van der Waals surface area (Å²) in [5.74, 6) is -0.956. The monoisotopic (exact) mass is 262 g/mol. The lowest BCUT2D eigenvalue weighted by Crippen LogP contribution is -2.45. The topological polar surface area (TPSA) is 85.0 Å². The van der Waals surface area contributed by atoms with Crippen molar-refractivity contribution < 1.29 is 19.4 Å². The average molecular weight is 262 g/mol. The second kappa shape index (κ2) is 9.27. The first-order valence-corrected chi connectivity index (χ1v) is 6.16. The van der Waals surface area contributed by atoms with E-state index in [4.69, 9.17) is 20.3 Å². The van der Waals surface area contributed by atoms with Crippen molar-refractivity contribution in [2.45, 2.75) is 25.3 Å². The number of nitrogens with two attached hydrogens (primary N) is 1. The van der Waals surface area contributed by atoms with Gasteiger partial charge in [-0.05, 0) is 26.3 Å². The zero-order valence-electron chi connectivity index (χ0n) is 11.6. The van der Waals surface area contributed by atoms with E-state index in [0.29, 0.717) is 19.6 Å². The molecule has 0 rings (SSSR count). The van der Waals surface area contributed by atoms with Gasteiger partial charge in [0, 0.05) is 27.3 Å². The highest BCUT2D eigenvalue weighted by Gasteiger charge is 2.27. The molecule has 3 N–H and O–H groups in total. The van der Waals surface area contributed by atoms with Crippen molar-refractivity contribution in [3.63, 3.8) is 0 Å². The molecule has 18 heavy (non-hydrogen) atoms. The Morgan fingerprint density at radius 3 is 2.11 bits per heavy atom. The fourth-order valence-electron chi connectivity index (χ4n) is 1.55. The first-order chi connectivity index (χ1) is 8.44. The number of hydrogen-bond donors (Lipinski definition) is 2. The molecule has 0 aliphatic rings. The van der Waals surface area contributed by atoms with Gasteiger partial charge in [0.15, 0.2) is 0 Å². The molecule has 0 aliphatic carbocycles. The van der Waals surface area contributed by atoms with Crippen LogP contribution in [0.1, 0.15) is 19.8 Å². The molecule has 0 spiro atoms. The zero-order valence-corrected chi connectivity index (χ0v) is 11.6. The van der Waals surface area contributed by atoms with Gasteiger partial charge in [-0.25, -0.2) is 0 Å². The molecule has 0 aromatic rings. The predicted molar refractivity (Wildman–Crippen MR) is 69.7 cm³/mol. The molecule has 0 amide bonds. The number of carboxylic acid groups (broad SMARTS) is 1. The highest BCUT2D eigenvalue weighted by atomic mass is 16.5. The lowest BCUT2D eigenvalue weighted by Gasteiger charge is -2.24. The second-order valence-electron chi connectivity index (χ2n) is 4.65. The molecule has 0 saturated heterocycles. The van der Waals surface area contributed by atoms with Gasteiger partial charge in [0.1, 0.15) is 5.54 Å². The first kappa shape index (κ1) is 17.3. The minimum Gasteiger partial charge on any atom is -0.480 e. The average Bonchev–Trinajstić information content (AvgIpc) is 2.31. The van der Waals surface area contributed by atoms with Crippen molar-refractivity contribution in [1.82, 2.24) is 4.90 Å². The number of carboxylic acids is 1. The van der Waals surface area contributed by atoms with Gasteiger partial charge < -0.3 is 20.3 Å². The van der Waals surface area contributed by atoms with Crippen LogP contribution in [0.4, 0.5) is 0 Å². The minimum absolute atomic E-state index is 0.457. The zero-order chi connectivity index (χ0) is 14.0. The Labute approximate surface area is 109 Å². The summed E-state index contributed by atoms with van der Waals surface area (Å²) in [4.78, 5) is 13.0.